The molecule has 1 aromatic carbocycles. The van der Waals surface area contributed by atoms with E-state index in [0.29, 0.717) is 17.0 Å². The summed E-state index contributed by atoms with van der Waals surface area (Å²) in [7, 11) is -4.31. The zero-order valence-electron chi connectivity index (χ0n) is 11.7. The van der Waals surface area contributed by atoms with Gasteiger partial charge < -0.3 is 9.79 Å². The predicted octanol–water partition coefficient (Wildman–Crippen LogP) is 2.94. The number of fused-ring (bicyclic) bond motifs is 1. The predicted molar refractivity (Wildman–Crippen MR) is 86.7 cm³/mol. The van der Waals surface area contributed by atoms with Crippen molar-refractivity contribution in [1.82, 2.24) is 14.6 Å². The molecule has 2 N–H and O–H groups in total. The normalized spacial score (nSPS) is 13.4. The maximum absolute atomic E-state index is 11.8. The second-order valence-corrected chi connectivity index (χ2v) is 7.70. The third-order valence-corrected chi connectivity index (χ3v) is 6.26. The molecule has 0 bridgehead atoms. The lowest BCUT2D eigenvalue weighted by Crippen LogP contribution is -2.06. The lowest BCUT2D eigenvalue weighted by molar-refractivity contribution is 0.369. The van der Waals surface area contributed by atoms with Crippen molar-refractivity contribution >= 4 is 25.0 Å². The molecule has 2 aromatic heterocycles. The van der Waals surface area contributed by atoms with Crippen LogP contribution >= 0.6 is 19.4 Å². The number of hydrogen-bond acceptors (Lipinski definition) is 4. The summed E-state index contributed by atoms with van der Waals surface area (Å²) >= 11 is 1.10. The second-order valence-electron chi connectivity index (χ2n) is 4.71. The van der Waals surface area contributed by atoms with Crippen LogP contribution in [0.1, 0.15) is 10.7 Å². The molecule has 0 fully saturated rings. The average Bonchev–Trinajstić information content (AvgIpc) is 2.96. The van der Waals surface area contributed by atoms with Crippen molar-refractivity contribution in [3.8, 4) is 11.3 Å². The van der Waals surface area contributed by atoms with Crippen LogP contribution in [-0.2, 0) is 4.57 Å². The molecule has 114 valence electrons. The van der Waals surface area contributed by atoms with Gasteiger partial charge in [-0.1, -0.05) is 30.3 Å². The number of thioether (sulfide) groups is 1. The van der Waals surface area contributed by atoms with Crippen LogP contribution in [-0.4, -0.2) is 30.6 Å². The highest BCUT2D eigenvalue weighted by atomic mass is 32.2. The molecule has 0 amide bonds. The zero-order chi connectivity index (χ0) is 15.7. The van der Waals surface area contributed by atoms with E-state index < -0.39 is 12.6 Å². The van der Waals surface area contributed by atoms with E-state index in [0.717, 1.165) is 17.3 Å². The smallest absolute Gasteiger partial charge is 0.323 e. The molecule has 0 spiro atoms. The highest BCUT2D eigenvalue weighted by Crippen LogP contribution is 2.57. The van der Waals surface area contributed by atoms with Crippen LogP contribution in [0.25, 0.3) is 16.9 Å². The first-order valence-electron chi connectivity index (χ1n) is 6.49. The van der Waals surface area contributed by atoms with Crippen molar-refractivity contribution in [2.24, 2.45) is 0 Å². The van der Waals surface area contributed by atoms with Crippen LogP contribution in [0.3, 0.4) is 0 Å². The van der Waals surface area contributed by atoms with E-state index in [-0.39, 0.29) is 0 Å². The lowest BCUT2D eigenvalue weighted by Gasteiger charge is -2.18. The van der Waals surface area contributed by atoms with Gasteiger partial charge in [0.2, 0.25) is 0 Å². The standard InChI is InChI=1S/C14H14N3O3PS/c1-22-14(21(18,19)20)12-9-11(10-5-3-2-4-6-10)16-13-7-8-15-17(12)13/h2-9,14H,1H3,(H2,18,19,20). The van der Waals surface area contributed by atoms with Gasteiger partial charge in [0.15, 0.2) is 5.65 Å². The molecule has 22 heavy (non-hydrogen) atoms. The third kappa shape index (κ3) is 2.80. The van der Waals surface area contributed by atoms with Crippen LogP contribution in [0.2, 0.25) is 0 Å². The minimum Gasteiger partial charge on any atom is -0.323 e. The molecular weight excluding hydrogens is 321 g/mol. The molecule has 0 saturated heterocycles. The molecule has 3 aromatic rings. The number of rotatable bonds is 4. The molecule has 3 rings (SSSR count). The Bertz CT molecular complexity index is 847. The molecule has 1 atom stereocenters. The third-order valence-electron chi connectivity index (χ3n) is 3.24. The van der Waals surface area contributed by atoms with Gasteiger partial charge in [0.1, 0.15) is 4.99 Å². The largest absolute Gasteiger partial charge is 0.344 e. The van der Waals surface area contributed by atoms with Crippen LogP contribution in [0.5, 0.6) is 0 Å². The summed E-state index contributed by atoms with van der Waals surface area (Å²) in [6.07, 6.45) is 3.24. The second kappa shape index (κ2) is 5.85. The van der Waals surface area contributed by atoms with Gasteiger partial charge in [0.25, 0.3) is 0 Å². The van der Waals surface area contributed by atoms with Crippen molar-refractivity contribution in [2.45, 2.75) is 4.99 Å². The fourth-order valence-corrected chi connectivity index (χ4v) is 4.34. The monoisotopic (exact) mass is 335 g/mol. The minimum absolute atomic E-state index is 0.440. The minimum atomic E-state index is -4.31. The molecule has 0 aliphatic rings. The van der Waals surface area contributed by atoms with Gasteiger partial charge in [0.05, 0.1) is 17.6 Å². The molecule has 1 unspecified atom stereocenters. The first-order valence-corrected chi connectivity index (χ1v) is 9.46. The van der Waals surface area contributed by atoms with Crippen LogP contribution < -0.4 is 0 Å². The van der Waals surface area contributed by atoms with E-state index in [1.165, 1.54) is 4.52 Å². The first-order chi connectivity index (χ1) is 10.5. The Morgan fingerprint density at radius 3 is 2.59 bits per heavy atom. The Morgan fingerprint density at radius 2 is 1.95 bits per heavy atom. The Labute approximate surface area is 131 Å². The lowest BCUT2D eigenvalue weighted by atomic mass is 10.1. The number of benzene rings is 1. The zero-order valence-corrected chi connectivity index (χ0v) is 13.4. The van der Waals surface area contributed by atoms with Crippen molar-refractivity contribution in [3.05, 3.63) is 54.4 Å². The highest BCUT2D eigenvalue weighted by molar-refractivity contribution is 8.04. The number of nitrogens with zero attached hydrogens (tertiary/aromatic N) is 3. The summed E-state index contributed by atoms with van der Waals surface area (Å²) in [4.78, 5) is 22.8. The summed E-state index contributed by atoms with van der Waals surface area (Å²) < 4.78 is 13.3. The maximum atomic E-state index is 11.8. The Balaban J connectivity index is 2.25. The fraction of sp³-hybridized carbons (Fsp3) is 0.143. The van der Waals surface area contributed by atoms with Gasteiger partial charge in [-0.2, -0.15) is 5.10 Å². The van der Waals surface area contributed by atoms with Crippen LogP contribution in [0, 0.1) is 0 Å². The van der Waals surface area contributed by atoms with Gasteiger partial charge in [-0.3, -0.25) is 4.57 Å². The molecule has 2 heterocycles. The summed E-state index contributed by atoms with van der Waals surface area (Å²) in [5, 5.41) is 4.13. The van der Waals surface area contributed by atoms with E-state index in [9.17, 15) is 14.4 Å². The average molecular weight is 335 g/mol. The molecule has 0 radical (unpaired) electrons. The molecule has 0 saturated carbocycles. The van der Waals surface area contributed by atoms with Crippen LogP contribution in [0.15, 0.2) is 48.7 Å². The van der Waals surface area contributed by atoms with Crippen molar-refractivity contribution in [3.63, 3.8) is 0 Å². The molecule has 0 aliphatic heterocycles. The van der Waals surface area contributed by atoms with Gasteiger partial charge in [-0.05, 0) is 12.3 Å². The van der Waals surface area contributed by atoms with Gasteiger partial charge >= 0.3 is 7.60 Å². The molecule has 8 heteroatoms. The van der Waals surface area contributed by atoms with Crippen molar-refractivity contribution in [1.29, 1.82) is 0 Å². The Morgan fingerprint density at radius 1 is 1.23 bits per heavy atom. The highest BCUT2D eigenvalue weighted by Gasteiger charge is 2.32. The van der Waals surface area contributed by atoms with E-state index in [1.54, 1.807) is 24.6 Å². The van der Waals surface area contributed by atoms with Gasteiger partial charge in [-0.15, -0.1) is 11.8 Å². The molecule has 0 aliphatic carbocycles. The van der Waals surface area contributed by atoms with E-state index in [1.807, 2.05) is 30.3 Å². The van der Waals surface area contributed by atoms with E-state index >= 15 is 0 Å². The number of hydrogen-bond donors (Lipinski definition) is 2. The molecular formula is C14H14N3O3PS. The topological polar surface area (TPSA) is 87.7 Å². The summed E-state index contributed by atoms with van der Waals surface area (Å²) in [6.45, 7) is 0. The summed E-state index contributed by atoms with van der Waals surface area (Å²) in [5.41, 5.74) is 2.55. The van der Waals surface area contributed by atoms with Gasteiger partial charge in [0, 0.05) is 11.6 Å². The fourth-order valence-electron chi connectivity index (χ4n) is 2.30. The number of aromatic nitrogens is 3. The first kappa shape index (κ1) is 15.2. The quantitative estimate of drug-likeness (QED) is 0.713. The van der Waals surface area contributed by atoms with Crippen LogP contribution in [0.4, 0.5) is 0 Å². The SMILES string of the molecule is CSC(c1cc(-c2ccccc2)nc2ccnn12)P(=O)(O)O. The molecule has 6 nitrogen and oxygen atoms in total. The van der Waals surface area contributed by atoms with Crippen molar-refractivity contribution < 1.29 is 14.4 Å². The maximum Gasteiger partial charge on any atom is 0.344 e. The van der Waals surface area contributed by atoms with Gasteiger partial charge in [-0.25, -0.2) is 9.50 Å². The van der Waals surface area contributed by atoms with E-state index in [2.05, 4.69) is 10.1 Å². The van der Waals surface area contributed by atoms with Crippen molar-refractivity contribution in [2.75, 3.05) is 6.26 Å². The summed E-state index contributed by atoms with van der Waals surface area (Å²) in [5.74, 6) is 0. The van der Waals surface area contributed by atoms with E-state index in [4.69, 9.17) is 0 Å². The Hall–Kier alpha value is -1.66. The summed E-state index contributed by atoms with van der Waals surface area (Å²) in [6, 6.07) is 12.9. The Kier molecular flexibility index (Phi) is 4.06.